The van der Waals surface area contributed by atoms with Crippen molar-refractivity contribution >= 4 is 28.2 Å². The summed E-state index contributed by atoms with van der Waals surface area (Å²) in [7, 11) is -2.10. The molecule has 0 unspecified atom stereocenters. The van der Waals surface area contributed by atoms with Gasteiger partial charge in [0.2, 0.25) is 5.03 Å². The number of hydrogen-bond acceptors (Lipinski definition) is 6. The molecular formula is C22H30ClF2N5O3S. The second-order valence-electron chi connectivity index (χ2n) is 8.93. The molecule has 8 nitrogen and oxygen atoms in total. The van der Waals surface area contributed by atoms with E-state index in [1.807, 2.05) is 0 Å². The van der Waals surface area contributed by atoms with Crippen molar-refractivity contribution in [1.82, 2.24) is 24.2 Å². The van der Waals surface area contributed by atoms with Crippen molar-refractivity contribution in [3.63, 3.8) is 0 Å². The lowest BCUT2D eigenvalue weighted by Gasteiger charge is -2.49. The molecule has 0 radical (unpaired) electrons. The first-order chi connectivity index (χ1) is 15.7. The number of carbonyl (C=O) groups is 1. The third-order valence-electron chi connectivity index (χ3n) is 6.94. The second kappa shape index (κ2) is 10.8. The van der Waals surface area contributed by atoms with Crippen LogP contribution >= 0.6 is 12.4 Å². The van der Waals surface area contributed by atoms with Gasteiger partial charge in [0.25, 0.3) is 10.0 Å². The van der Waals surface area contributed by atoms with E-state index in [0.29, 0.717) is 32.6 Å². The first kappa shape index (κ1) is 26.7. The number of carbonyl (C=O) groups excluding carboxylic acids is 1. The minimum Gasteiger partial charge on any atom is -0.295 e. The third-order valence-corrected chi connectivity index (χ3v) is 8.70. The van der Waals surface area contributed by atoms with E-state index in [-0.39, 0.29) is 29.4 Å². The molecule has 1 aromatic carbocycles. The fourth-order valence-corrected chi connectivity index (χ4v) is 6.48. The van der Waals surface area contributed by atoms with Crippen LogP contribution in [0.4, 0.5) is 8.78 Å². The van der Waals surface area contributed by atoms with E-state index >= 15 is 0 Å². The van der Waals surface area contributed by atoms with Gasteiger partial charge in [0.05, 0.1) is 11.8 Å². The number of benzene rings is 1. The Hall–Kier alpha value is -1.95. The lowest BCUT2D eigenvalue weighted by atomic mass is 9.76. The van der Waals surface area contributed by atoms with E-state index in [0.717, 1.165) is 44.2 Å². The Morgan fingerprint density at radius 3 is 2.24 bits per heavy atom. The van der Waals surface area contributed by atoms with Crippen LogP contribution in [-0.4, -0.2) is 70.1 Å². The van der Waals surface area contributed by atoms with Gasteiger partial charge >= 0.3 is 0 Å². The molecule has 0 bridgehead atoms. The molecule has 0 spiro atoms. The highest BCUT2D eigenvalue weighted by Gasteiger charge is 2.41. The molecule has 1 aliphatic heterocycles. The molecular weight excluding hydrogens is 488 g/mol. The van der Waals surface area contributed by atoms with Crippen LogP contribution in [0.1, 0.15) is 55.3 Å². The van der Waals surface area contributed by atoms with Crippen molar-refractivity contribution in [3.8, 4) is 0 Å². The molecule has 4 rings (SSSR count). The van der Waals surface area contributed by atoms with Crippen LogP contribution in [0.5, 0.6) is 0 Å². The highest BCUT2D eigenvalue weighted by atomic mass is 35.5. The van der Waals surface area contributed by atoms with E-state index in [1.165, 1.54) is 21.3 Å². The van der Waals surface area contributed by atoms with E-state index in [4.69, 9.17) is 0 Å². The number of nitrogens with zero attached hydrogens (tertiary/aromatic N) is 5. The predicted molar refractivity (Wildman–Crippen MR) is 124 cm³/mol. The summed E-state index contributed by atoms with van der Waals surface area (Å²) in [5, 5.41) is 7.40. The SMILES string of the molecule is Cl.Cn1cc(S(=O)(=O)N2CCN(C3(CCC(=O)c4c(F)cccc4F)CCCCC3)CC2)nn1. The molecule has 2 heterocycles. The molecule has 12 heteroatoms. The summed E-state index contributed by atoms with van der Waals surface area (Å²) in [5.41, 5.74) is -0.735. The Morgan fingerprint density at radius 1 is 1.06 bits per heavy atom. The maximum absolute atomic E-state index is 14.1. The van der Waals surface area contributed by atoms with Gasteiger partial charge in [-0.1, -0.05) is 30.5 Å². The quantitative estimate of drug-likeness (QED) is 0.524. The fraction of sp³-hybridized carbons (Fsp3) is 0.591. The Balaban J connectivity index is 0.00000324. The lowest BCUT2D eigenvalue weighted by Crippen LogP contribution is -2.58. The highest BCUT2D eigenvalue weighted by molar-refractivity contribution is 7.89. The number of piperazine rings is 1. The van der Waals surface area contributed by atoms with Gasteiger partial charge in [-0.3, -0.25) is 14.4 Å². The van der Waals surface area contributed by atoms with E-state index in [1.54, 1.807) is 7.05 Å². The zero-order valence-electron chi connectivity index (χ0n) is 19.1. The third kappa shape index (κ3) is 5.32. The highest BCUT2D eigenvalue weighted by Crippen LogP contribution is 2.39. The standard InChI is InChI=1S/C22H29F2N5O3S.ClH/c1-27-16-20(25-26-27)33(31,32)29-14-12-28(13-15-29)22(9-3-2-4-10-22)11-8-19(30)21-17(23)6-5-7-18(21)24;/h5-7,16H,2-4,8-15H2,1H3;1H. The van der Waals surface area contributed by atoms with Crippen molar-refractivity contribution in [2.75, 3.05) is 26.2 Å². The maximum Gasteiger partial charge on any atom is 0.264 e. The van der Waals surface area contributed by atoms with Crippen LogP contribution in [0.25, 0.3) is 0 Å². The smallest absolute Gasteiger partial charge is 0.264 e. The van der Waals surface area contributed by atoms with Gasteiger partial charge in [-0.05, 0) is 31.4 Å². The van der Waals surface area contributed by atoms with E-state index < -0.39 is 33.0 Å². The summed E-state index contributed by atoms with van der Waals surface area (Å²) in [6, 6.07) is 3.45. The minimum absolute atomic E-state index is 0. The number of ketones is 1. The number of hydrogen-bond donors (Lipinski definition) is 0. The maximum atomic E-state index is 14.1. The normalized spacial score (nSPS) is 19.5. The molecule has 0 amide bonds. The van der Waals surface area contributed by atoms with Crippen molar-refractivity contribution in [2.45, 2.75) is 55.5 Å². The Bertz CT molecular complexity index is 1090. The average Bonchev–Trinajstić information content (AvgIpc) is 3.25. The summed E-state index contributed by atoms with van der Waals surface area (Å²) in [4.78, 5) is 15.0. The number of aryl methyl sites for hydroxylation is 1. The van der Waals surface area contributed by atoms with Crippen LogP contribution in [-0.2, 0) is 17.1 Å². The minimum atomic E-state index is -3.71. The number of rotatable bonds is 7. The molecule has 2 fully saturated rings. The van der Waals surface area contributed by atoms with Crippen LogP contribution in [0, 0.1) is 11.6 Å². The topological polar surface area (TPSA) is 88.4 Å². The molecule has 0 N–H and O–H groups in total. The van der Waals surface area contributed by atoms with Gasteiger partial charge in [-0.15, -0.1) is 17.5 Å². The largest absolute Gasteiger partial charge is 0.295 e. The Kier molecular flexibility index (Phi) is 8.43. The number of Topliss-reactive ketones (excluding diaryl/α,β-unsaturated/α-hetero) is 1. The van der Waals surface area contributed by atoms with Crippen molar-refractivity contribution in [3.05, 3.63) is 41.6 Å². The summed E-state index contributed by atoms with van der Waals surface area (Å²) >= 11 is 0. The first-order valence-electron chi connectivity index (χ1n) is 11.3. The van der Waals surface area contributed by atoms with Crippen LogP contribution in [0.3, 0.4) is 0 Å². The number of sulfonamides is 1. The Morgan fingerprint density at radius 2 is 1.68 bits per heavy atom. The van der Waals surface area contributed by atoms with Gasteiger partial charge in [0.15, 0.2) is 5.78 Å². The van der Waals surface area contributed by atoms with E-state index in [2.05, 4.69) is 15.2 Å². The monoisotopic (exact) mass is 517 g/mol. The summed E-state index contributed by atoms with van der Waals surface area (Å²) in [5.74, 6) is -2.19. The molecule has 1 saturated carbocycles. The fourth-order valence-electron chi connectivity index (χ4n) is 5.15. The summed E-state index contributed by atoms with van der Waals surface area (Å²) in [6.45, 7) is 1.69. The van der Waals surface area contributed by atoms with E-state index in [9.17, 15) is 22.0 Å². The molecule has 1 aromatic heterocycles. The number of aromatic nitrogens is 3. The zero-order valence-corrected chi connectivity index (χ0v) is 20.8. The summed E-state index contributed by atoms with van der Waals surface area (Å²) < 4.78 is 56.7. The van der Waals surface area contributed by atoms with Gasteiger partial charge in [0, 0.05) is 45.2 Å². The molecule has 1 aliphatic carbocycles. The second-order valence-corrected chi connectivity index (χ2v) is 10.8. The molecule has 2 aromatic rings. The molecule has 2 aliphatic rings. The zero-order chi connectivity index (χ0) is 23.6. The van der Waals surface area contributed by atoms with Gasteiger partial charge in [-0.2, -0.15) is 4.31 Å². The van der Waals surface area contributed by atoms with Gasteiger partial charge < -0.3 is 0 Å². The molecule has 34 heavy (non-hydrogen) atoms. The average molecular weight is 518 g/mol. The van der Waals surface area contributed by atoms with Crippen molar-refractivity contribution in [2.24, 2.45) is 7.05 Å². The summed E-state index contributed by atoms with van der Waals surface area (Å²) in [6.07, 6.45) is 6.84. The first-order valence-corrected chi connectivity index (χ1v) is 12.8. The molecule has 1 saturated heterocycles. The Labute approximate surface area is 204 Å². The van der Waals surface area contributed by atoms with Crippen LogP contribution in [0.15, 0.2) is 29.4 Å². The molecule has 188 valence electrons. The van der Waals surface area contributed by atoms with Gasteiger partial charge in [-0.25, -0.2) is 17.2 Å². The van der Waals surface area contributed by atoms with Crippen molar-refractivity contribution < 1.29 is 22.0 Å². The van der Waals surface area contributed by atoms with Gasteiger partial charge in [0.1, 0.15) is 11.6 Å². The van der Waals surface area contributed by atoms with Crippen LogP contribution in [0.2, 0.25) is 0 Å². The molecule has 0 atom stereocenters. The van der Waals surface area contributed by atoms with Crippen molar-refractivity contribution in [1.29, 1.82) is 0 Å². The number of halogens is 3. The predicted octanol–water partition coefficient (Wildman–Crippen LogP) is 3.19. The lowest BCUT2D eigenvalue weighted by molar-refractivity contribution is 0.0164. The van der Waals surface area contributed by atoms with Crippen LogP contribution < -0.4 is 0 Å².